The van der Waals surface area contributed by atoms with Gasteiger partial charge >= 0.3 is 0 Å². The largest absolute Gasteiger partial charge is 0.358 e. The summed E-state index contributed by atoms with van der Waals surface area (Å²) in [6, 6.07) is 19.2. The molecule has 0 radical (unpaired) electrons. The number of anilines is 3. The van der Waals surface area contributed by atoms with Crippen molar-refractivity contribution < 1.29 is 0 Å². The van der Waals surface area contributed by atoms with Crippen molar-refractivity contribution in [2.45, 2.75) is 46.3 Å². The number of nitrogens with zero attached hydrogens (tertiary/aromatic N) is 4. The van der Waals surface area contributed by atoms with Gasteiger partial charge in [0.25, 0.3) is 0 Å². The maximum absolute atomic E-state index is 5.58. The maximum atomic E-state index is 5.58. The van der Waals surface area contributed by atoms with Gasteiger partial charge in [-0.25, -0.2) is 0 Å². The van der Waals surface area contributed by atoms with Crippen molar-refractivity contribution in [2.75, 3.05) is 28.2 Å². The van der Waals surface area contributed by atoms with Gasteiger partial charge in [0.2, 0.25) is 5.95 Å². The molecule has 3 aromatic rings. The zero-order valence-electron chi connectivity index (χ0n) is 19.9. The topological polar surface area (TPSA) is 56.3 Å². The second-order valence-electron chi connectivity index (χ2n) is 9.50. The van der Waals surface area contributed by atoms with Gasteiger partial charge in [0.1, 0.15) is 11.6 Å². The number of piperidine rings is 1. The number of rotatable bonds is 5. The van der Waals surface area contributed by atoms with E-state index in [9.17, 15) is 0 Å². The molecule has 1 saturated heterocycles. The highest BCUT2D eigenvalue weighted by Gasteiger charge is 2.23. The van der Waals surface area contributed by atoms with Crippen molar-refractivity contribution in [3.05, 3.63) is 76.9 Å². The zero-order valence-corrected chi connectivity index (χ0v) is 20.7. The number of benzene rings is 2. The third-order valence-corrected chi connectivity index (χ3v) is 7.02. The Labute approximate surface area is 207 Å². The van der Waals surface area contributed by atoms with Crippen LogP contribution in [0, 0.1) is 12.8 Å². The number of hydrogen-bond acceptors (Lipinski definition) is 5. The van der Waals surface area contributed by atoms with Crippen LogP contribution >= 0.6 is 12.2 Å². The normalized spacial score (nSPS) is 15.8. The van der Waals surface area contributed by atoms with E-state index in [1.165, 1.54) is 35.1 Å². The molecule has 0 unspecified atom stereocenters. The fourth-order valence-electron chi connectivity index (χ4n) is 4.57. The van der Waals surface area contributed by atoms with E-state index in [0.29, 0.717) is 17.6 Å². The quantitative estimate of drug-likeness (QED) is 0.505. The first-order valence-electron chi connectivity index (χ1n) is 12.1. The predicted molar refractivity (Wildman–Crippen MR) is 143 cm³/mol. The first-order chi connectivity index (χ1) is 16.5. The van der Waals surface area contributed by atoms with Gasteiger partial charge in [-0.1, -0.05) is 61.0 Å². The van der Waals surface area contributed by atoms with Gasteiger partial charge in [-0.05, 0) is 54.6 Å². The molecule has 2 N–H and O–H groups in total. The molecule has 7 heteroatoms. The van der Waals surface area contributed by atoms with Crippen LogP contribution in [0.15, 0.2) is 54.6 Å². The molecule has 3 heterocycles. The fraction of sp³-hybridized carbons (Fsp3) is 0.370. The number of hydrogen-bond donors (Lipinski definition) is 2. The standard InChI is InChI=1S/C27H32N6S/c1-19-7-9-21(10-8-19)16-28-27(34)31-26-29-24(32-13-11-20(2)12-14-32)15-25(30-26)33-17-22-5-3-4-6-23(22)18-33/h3-10,15,20H,11-14,16-18H2,1-2H3,(H2,28,29,30,31,34). The molecule has 0 amide bonds. The second kappa shape index (κ2) is 9.97. The van der Waals surface area contributed by atoms with Gasteiger partial charge in [-0.15, -0.1) is 0 Å². The molecule has 2 aromatic carbocycles. The van der Waals surface area contributed by atoms with Crippen LogP contribution in [0.25, 0.3) is 0 Å². The fourth-order valence-corrected chi connectivity index (χ4v) is 4.73. The van der Waals surface area contributed by atoms with E-state index in [-0.39, 0.29) is 0 Å². The summed E-state index contributed by atoms with van der Waals surface area (Å²) in [7, 11) is 0. The smallest absolute Gasteiger partial charge is 0.232 e. The highest BCUT2D eigenvalue weighted by Crippen LogP contribution is 2.31. The molecule has 2 aliphatic rings. The summed E-state index contributed by atoms with van der Waals surface area (Å²) in [6.07, 6.45) is 2.38. The van der Waals surface area contributed by atoms with Crippen LogP contribution in [0.5, 0.6) is 0 Å². The van der Waals surface area contributed by atoms with E-state index < -0.39 is 0 Å². The number of nitrogens with one attached hydrogen (secondary N) is 2. The average molecular weight is 473 g/mol. The Morgan fingerprint density at radius 1 is 0.941 bits per heavy atom. The van der Waals surface area contributed by atoms with Crippen molar-refractivity contribution in [1.29, 1.82) is 0 Å². The second-order valence-corrected chi connectivity index (χ2v) is 9.90. The van der Waals surface area contributed by atoms with Crippen LogP contribution in [-0.4, -0.2) is 28.2 Å². The number of aryl methyl sites for hydroxylation is 1. The molecule has 2 aliphatic heterocycles. The molecule has 0 saturated carbocycles. The van der Waals surface area contributed by atoms with Crippen LogP contribution in [0.1, 0.15) is 42.0 Å². The highest BCUT2D eigenvalue weighted by molar-refractivity contribution is 7.80. The predicted octanol–water partition coefficient (Wildman–Crippen LogP) is 5.03. The summed E-state index contributed by atoms with van der Waals surface area (Å²) < 4.78 is 0. The lowest BCUT2D eigenvalue weighted by Crippen LogP contribution is -2.34. The molecule has 0 spiro atoms. The van der Waals surface area contributed by atoms with Crippen LogP contribution in [0.3, 0.4) is 0 Å². The third kappa shape index (κ3) is 5.30. The molecule has 1 aromatic heterocycles. The van der Waals surface area contributed by atoms with Crippen molar-refractivity contribution in [3.63, 3.8) is 0 Å². The van der Waals surface area contributed by atoms with Crippen molar-refractivity contribution in [2.24, 2.45) is 5.92 Å². The summed E-state index contributed by atoms with van der Waals surface area (Å²) in [5.41, 5.74) is 5.15. The first kappa shape index (κ1) is 22.6. The summed E-state index contributed by atoms with van der Waals surface area (Å²) in [5, 5.41) is 7.06. The van der Waals surface area contributed by atoms with Gasteiger partial charge < -0.3 is 20.4 Å². The summed E-state index contributed by atoms with van der Waals surface area (Å²) >= 11 is 5.58. The van der Waals surface area contributed by atoms with E-state index in [0.717, 1.165) is 43.7 Å². The average Bonchev–Trinajstić information content (AvgIpc) is 3.28. The van der Waals surface area contributed by atoms with Crippen molar-refractivity contribution in [3.8, 4) is 0 Å². The van der Waals surface area contributed by atoms with Gasteiger partial charge in [0, 0.05) is 38.8 Å². The Hall–Kier alpha value is -3.19. The van der Waals surface area contributed by atoms with E-state index in [2.05, 4.69) is 88.9 Å². The third-order valence-electron chi connectivity index (χ3n) is 6.77. The zero-order chi connectivity index (χ0) is 23.5. The van der Waals surface area contributed by atoms with E-state index in [1.807, 2.05) is 0 Å². The number of aromatic nitrogens is 2. The molecule has 0 aliphatic carbocycles. The molecular weight excluding hydrogens is 440 g/mol. The monoisotopic (exact) mass is 472 g/mol. The number of fused-ring (bicyclic) bond motifs is 1. The molecule has 176 valence electrons. The van der Waals surface area contributed by atoms with Crippen molar-refractivity contribution in [1.82, 2.24) is 15.3 Å². The van der Waals surface area contributed by atoms with Gasteiger partial charge in [0.05, 0.1) is 0 Å². The highest BCUT2D eigenvalue weighted by atomic mass is 32.1. The lowest BCUT2D eigenvalue weighted by molar-refractivity contribution is 0.436. The van der Waals surface area contributed by atoms with Crippen LogP contribution < -0.4 is 20.4 Å². The SMILES string of the molecule is Cc1ccc(CNC(=S)Nc2nc(N3CCC(C)CC3)cc(N3Cc4ccccc4C3)n2)cc1. The van der Waals surface area contributed by atoms with Gasteiger partial charge in [-0.3, -0.25) is 0 Å². The van der Waals surface area contributed by atoms with Gasteiger partial charge in [0.15, 0.2) is 5.11 Å². The van der Waals surface area contributed by atoms with Crippen LogP contribution in [0.2, 0.25) is 0 Å². The van der Waals surface area contributed by atoms with Gasteiger partial charge in [-0.2, -0.15) is 9.97 Å². The molecule has 5 rings (SSSR count). The minimum atomic E-state index is 0.528. The van der Waals surface area contributed by atoms with E-state index in [1.54, 1.807) is 0 Å². The lowest BCUT2D eigenvalue weighted by atomic mass is 9.99. The summed E-state index contributed by atoms with van der Waals surface area (Å²) in [4.78, 5) is 14.4. The molecular formula is C27H32N6S. The molecule has 0 atom stereocenters. The maximum Gasteiger partial charge on any atom is 0.232 e. The van der Waals surface area contributed by atoms with Crippen LogP contribution in [0.4, 0.5) is 17.6 Å². The lowest BCUT2D eigenvalue weighted by Gasteiger charge is -2.32. The Kier molecular flexibility index (Phi) is 6.63. The summed E-state index contributed by atoms with van der Waals surface area (Å²) in [6.45, 7) is 8.84. The Balaban J connectivity index is 1.34. The van der Waals surface area contributed by atoms with E-state index >= 15 is 0 Å². The van der Waals surface area contributed by atoms with Crippen LogP contribution in [-0.2, 0) is 19.6 Å². The van der Waals surface area contributed by atoms with Crippen molar-refractivity contribution >= 4 is 34.9 Å². The molecule has 0 bridgehead atoms. The minimum absolute atomic E-state index is 0.528. The Bertz CT molecular complexity index is 1130. The molecule has 1 fully saturated rings. The Morgan fingerprint density at radius 3 is 2.21 bits per heavy atom. The first-order valence-corrected chi connectivity index (χ1v) is 12.5. The van der Waals surface area contributed by atoms with E-state index in [4.69, 9.17) is 22.2 Å². The summed E-state index contributed by atoms with van der Waals surface area (Å²) in [5.74, 6) is 3.21. The molecule has 6 nitrogen and oxygen atoms in total. The number of thiocarbonyl (C=S) groups is 1. The molecule has 34 heavy (non-hydrogen) atoms. The Morgan fingerprint density at radius 2 is 1.56 bits per heavy atom. The minimum Gasteiger partial charge on any atom is -0.358 e.